The second-order valence-corrected chi connectivity index (χ2v) is 6.36. The molecular formula is C15H21FN2S. The molecule has 104 valence electrons. The van der Waals surface area contributed by atoms with Crippen molar-refractivity contribution in [2.75, 3.05) is 12.3 Å². The number of nitrogens with one attached hydrogen (secondary N) is 1. The number of aliphatic imine (C=N–C) groups is 1. The number of amidine groups is 1. The smallest absolute Gasteiger partial charge is 0.156 e. The predicted octanol–water partition coefficient (Wildman–Crippen LogP) is 3.48. The van der Waals surface area contributed by atoms with Gasteiger partial charge in [0.2, 0.25) is 0 Å². The Morgan fingerprint density at radius 3 is 3.05 bits per heavy atom. The summed E-state index contributed by atoms with van der Waals surface area (Å²) < 4.78 is 13.0. The van der Waals surface area contributed by atoms with E-state index in [0.717, 1.165) is 22.9 Å². The van der Waals surface area contributed by atoms with Gasteiger partial charge in [-0.15, -0.1) is 0 Å². The van der Waals surface area contributed by atoms with E-state index in [0.29, 0.717) is 18.5 Å². The highest BCUT2D eigenvalue weighted by atomic mass is 32.2. The fraction of sp³-hybridized carbons (Fsp3) is 0.533. The van der Waals surface area contributed by atoms with Gasteiger partial charge in [0.1, 0.15) is 5.82 Å². The maximum absolute atomic E-state index is 13.0. The van der Waals surface area contributed by atoms with Crippen LogP contribution in [0.4, 0.5) is 4.39 Å². The molecule has 0 amide bonds. The molecule has 1 aliphatic rings. The Morgan fingerprint density at radius 1 is 1.47 bits per heavy atom. The molecule has 0 spiro atoms. The van der Waals surface area contributed by atoms with Crippen molar-refractivity contribution in [2.24, 2.45) is 10.9 Å². The molecule has 0 aliphatic carbocycles. The van der Waals surface area contributed by atoms with E-state index in [1.807, 2.05) is 6.07 Å². The van der Waals surface area contributed by atoms with Crippen molar-refractivity contribution in [3.05, 3.63) is 35.6 Å². The number of halogens is 1. The van der Waals surface area contributed by atoms with Crippen LogP contribution in [0.1, 0.15) is 25.8 Å². The summed E-state index contributed by atoms with van der Waals surface area (Å²) >= 11 is 1.80. The van der Waals surface area contributed by atoms with Crippen molar-refractivity contribution in [3.63, 3.8) is 0 Å². The minimum absolute atomic E-state index is 0.171. The van der Waals surface area contributed by atoms with Gasteiger partial charge in [0, 0.05) is 18.3 Å². The van der Waals surface area contributed by atoms with Crippen LogP contribution in [0.5, 0.6) is 0 Å². The molecule has 1 heterocycles. The van der Waals surface area contributed by atoms with E-state index in [-0.39, 0.29) is 5.82 Å². The van der Waals surface area contributed by atoms with Crippen LogP contribution in [0.15, 0.2) is 29.3 Å². The number of hydrogen-bond donors (Lipinski definition) is 1. The zero-order chi connectivity index (χ0) is 13.7. The van der Waals surface area contributed by atoms with Crippen LogP contribution in [0.3, 0.4) is 0 Å². The molecule has 1 aliphatic heterocycles. The maximum atomic E-state index is 13.0. The van der Waals surface area contributed by atoms with E-state index in [1.54, 1.807) is 23.9 Å². The van der Waals surface area contributed by atoms with E-state index >= 15 is 0 Å². The molecule has 1 atom stereocenters. The van der Waals surface area contributed by atoms with Crippen molar-refractivity contribution < 1.29 is 4.39 Å². The Bertz CT molecular complexity index is 446. The first-order valence-electron chi connectivity index (χ1n) is 6.81. The average molecular weight is 280 g/mol. The molecule has 0 bridgehead atoms. The largest absolute Gasteiger partial charge is 0.361 e. The van der Waals surface area contributed by atoms with E-state index in [2.05, 4.69) is 24.2 Å². The molecule has 1 aromatic rings. The van der Waals surface area contributed by atoms with Gasteiger partial charge in [-0.2, -0.15) is 0 Å². The van der Waals surface area contributed by atoms with Crippen LogP contribution < -0.4 is 5.32 Å². The summed E-state index contributed by atoms with van der Waals surface area (Å²) in [5.74, 6) is 1.65. The SMILES string of the molecule is CC(C)CC1CSC(=NCCc2cccc(F)c2)N1. The van der Waals surface area contributed by atoms with Gasteiger partial charge in [-0.05, 0) is 36.5 Å². The van der Waals surface area contributed by atoms with E-state index < -0.39 is 0 Å². The first kappa shape index (κ1) is 14.4. The van der Waals surface area contributed by atoms with Crippen LogP contribution in [0.25, 0.3) is 0 Å². The van der Waals surface area contributed by atoms with Gasteiger partial charge >= 0.3 is 0 Å². The van der Waals surface area contributed by atoms with Crippen LogP contribution in [0, 0.1) is 11.7 Å². The van der Waals surface area contributed by atoms with E-state index in [1.165, 1.54) is 12.5 Å². The lowest BCUT2D eigenvalue weighted by Crippen LogP contribution is -2.28. The Labute approximate surface area is 118 Å². The van der Waals surface area contributed by atoms with Crippen LogP contribution in [0.2, 0.25) is 0 Å². The lowest BCUT2D eigenvalue weighted by Gasteiger charge is -2.11. The monoisotopic (exact) mass is 280 g/mol. The highest BCUT2D eigenvalue weighted by Gasteiger charge is 2.20. The average Bonchev–Trinajstić information content (AvgIpc) is 2.76. The molecule has 0 aromatic heterocycles. The van der Waals surface area contributed by atoms with Crippen molar-refractivity contribution >= 4 is 16.9 Å². The van der Waals surface area contributed by atoms with Gasteiger partial charge in [-0.3, -0.25) is 4.99 Å². The highest BCUT2D eigenvalue weighted by molar-refractivity contribution is 8.14. The Hall–Kier alpha value is -1.03. The Balaban J connectivity index is 1.77. The molecule has 0 saturated carbocycles. The van der Waals surface area contributed by atoms with Gasteiger partial charge in [0.25, 0.3) is 0 Å². The maximum Gasteiger partial charge on any atom is 0.156 e. The summed E-state index contributed by atoms with van der Waals surface area (Å²) in [6.45, 7) is 5.20. The second kappa shape index (κ2) is 6.94. The summed E-state index contributed by atoms with van der Waals surface area (Å²) in [6.07, 6.45) is 1.98. The highest BCUT2D eigenvalue weighted by Crippen LogP contribution is 2.19. The minimum atomic E-state index is -0.171. The number of hydrogen-bond acceptors (Lipinski definition) is 2. The lowest BCUT2D eigenvalue weighted by molar-refractivity contribution is 0.502. The summed E-state index contributed by atoms with van der Waals surface area (Å²) in [7, 11) is 0. The summed E-state index contributed by atoms with van der Waals surface area (Å²) in [4.78, 5) is 4.55. The van der Waals surface area contributed by atoms with Gasteiger partial charge in [-0.25, -0.2) is 4.39 Å². The molecule has 1 saturated heterocycles. The standard InChI is InChI=1S/C15H21FN2S/c1-11(2)8-14-10-19-15(18-14)17-7-6-12-4-3-5-13(16)9-12/h3-5,9,11,14H,6-8,10H2,1-2H3,(H,17,18). The van der Waals surface area contributed by atoms with Crippen LogP contribution >= 0.6 is 11.8 Å². The van der Waals surface area contributed by atoms with Crippen molar-refractivity contribution in [3.8, 4) is 0 Å². The topological polar surface area (TPSA) is 24.4 Å². The molecule has 1 N–H and O–H groups in total. The van der Waals surface area contributed by atoms with Crippen LogP contribution in [-0.2, 0) is 6.42 Å². The van der Waals surface area contributed by atoms with E-state index in [9.17, 15) is 4.39 Å². The fourth-order valence-corrected chi connectivity index (χ4v) is 3.21. The van der Waals surface area contributed by atoms with Gasteiger partial charge in [0.05, 0.1) is 0 Å². The third-order valence-electron chi connectivity index (χ3n) is 3.05. The lowest BCUT2D eigenvalue weighted by atomic mass is 10.1. The first-order chi connectivity index (χ1) is 9.13. The molecule has 19 heavy (non-hydrogen) atoms. The predicted molar refractivity (Wildman–Crippen MR) is 81.2 cm³/mol. The molecule has 0 radical (unpaired) electrons. The fourth-order valence-electron chi connectivity index (χ4n) is 2.20. The zero-order valence-corrected chi connectivity index (χ0v) is 12.3. The van der Waals surface area contributed by atoms with Crippen molar-refractivity contribution in [2.45, 2.75) is 32.7 Å². The van der Waals surface area contributed by atoms with Gasteiger partial charge in [-0.1, -0.05) is 37.7 Å². The number of rotatable bonds is 5. The Kier molecular flexibility index (Phi) is 5.25. The third kappa shape index (κ3) is 4.86. The first-order valence-corrected chi connectivity index (χ1v) is 7.80. The zero-order valence-electron chi connectivity index (χ0n) is 11.5. The van der Waals surface area contributed by atoms with Crippen molar-refractivity contribution in [1.82, 2.24) is 5.32 Å². The minimum Gasteiger partial charge on any atom is -0.361 e. The summed E-state index contributed by atoms with van der Waals surface area (Å²) in [5, 5.41) is 4.50. The summed E-state index contributed by atoms with van der Waals surface area (Å²) in [6, 6.07) is 7.30. The van der Waals surface area contributed by atoms with E-state index in [4.69, 9.17) is 0 Å². The van der Waals surface area contributed by atoms with Gasteiger partial charge < -0.3 is 5.32 Å². The molecule has 1 aromatic carbocycles. The molecule has 2 rings (SSSR count). The van der Waals surface area contributed by atoms with Gasteiger partial charge in [0.15, 0.2) is 5.17 Å². The molecular weight excluding hydrogens is 259 g/mol. The number of benzene rings is 1. The normalized spacial score (nSPS) is 21.1. The summed E-state index contributed by atoms with van der Waals surface area (Å²) in [5.41, 5.74) is 1.01. The Morgan fingerprint density at radius 2 is 2.32 bits per heavy atom. The molecule has 1 fully saturated rings. The molecule has 2 nitrogen and oxygen atoms in total. The number of nitrogens with zero attached hydrogens (tertiary/aromatic N) is 1. The van der Waals surface area contributed by atoms with Crippen LogP contribution in [-0.4, -0.2) is 23.5 Å². The second-order valence-electron chi connectivity index (χ2n) is 5.35. The third-order valence-corrected chi connectivity index (χ3v) is 4.14. The van der Waals surface area contributed by atoms with Crippen molar-refractivity contribution in [1.29, 1.82) is 0 Å². The molecule has 4 heteroatoms. The quantitative estimate of drug-likeness (QED) is 0.893. The molecule has 1 unspecified atom stereocenters. The number of thioether (sulfide) groups is 1.